The fourth-order valence-corrected chi connectivity index (χ4v) is 10.2. The van der Waals surface area contributed by atoms with Crippen LogP contribution in [0.4, 0.5) is 22.7 Å². The summed E-state index contributed by atoms with van der Waals surface area (Å²) in [5.41, 5.74) is 4.94. The van der Waals surface area contributed by atoms with Gasteiger partial charge in [0.15, 0.2) is 23.0 Å². The van der Waals surface area contributed by atoms with Crippen LogP contribution in [0.5, 0.6) is 23.0 Å². The zero-order chi connectivity index (χ0) is 43.9. The average molecular weight is 872 g/mol. The van der Waals surface area contributed by atoms with Gasteiger partial charge in [-0.3, -0.25) is 9.59 Å². The molecule has 0 radical (unpaired) electrons. The van der Waals surface area contributed by atoms with Crippen molar-refractivity contribution >= 4 is 69.9 Å². The second kappa shape index (κ2) is 14.8. The number of nitrogens with one attached hydrogen (secondary N) is 2. The van der Waals surface area contributed by atoms with Crippen LogP contribution in [0.15, 0.2) is 97.1 Å². The van der Waals surface area contributed by atoms with E-state index in [-0.39, 0.29) is 34.9 Å². The lowest BCUT2D eigenvalue weighted by molar-refractivity contribution is -0.116. The maximum atomic E-state index is 14.1. The Morgan fingerprint density at radius 1 is 0.613 bits per heavy atom. The van der Waals surface area contributed by atoms with Gasteiger partial charge in [0.05, 0.1) is 46.5 Å². The summed E-state index contributed by atoms with van der Waals surface area (Å²) in [7, 11) is 3.25. The van der Waals surface area contributed by atoms with Gasteiger partial charge in [0.1, 0.15) is 13.1 Å². The number of halogens is 2. The Bertz CT molecular complexity index is 2580. The third-order valence-corrected chi connectivity index (χ3v) is 13.6. The molecule has 0 saturated heterocycles. The second-order valence-electron chi connectivity index (χ2n) is 17.4. The lowest BCUT2D eigenvalue weighted by Gasteiger charge is -2.47. The highest BCUT2D eigenvalue weighted by molar-refractivity contribution is 6.38. The molecule has 2 amide bonds. The number of carbonyl (C=O) groups is 2. The van der Waals surface area contributed by atoms with Crippen molar-refractivity contribution in [1.82, 2.24) is 0 Å². The lowest BCUT2D eigenvalue weighted by Crippen LogP contribution is -2.61. The van der Waals surface area contributed by atoms with Crippen LogP contribution in [0.25, 0.3) is 12.2 Å². The molecule has 0 bridgehead atoms. The summed E-state index contributed by atoms with van der Waals surface area (Å²) in [6, 6.07) is 27.1. The average Bonchev–Trinajstić information content (AvgIpc) is 3.52. The van der Waals surface area contributed by atoms with Gasteiger partial charge in [-0.25, -0.2) is 0 Å². The van der Waals surface area contributed by atoms with Gasteiger partial charge in [0.2, 0.25) is 23.3 Å². The smallest absolute Gasteiger partial charge is 0.244 e. The summed E-state index contributed by atoms with van der Waals surface area (Å²) in [5.74, 6) is 1.75. The van der Waals surface area contributed by atoms with E-state index in [0.717, 1.165) is 44.8 Å². The first-order valence-electron chi connectivity index (χ1n) is 20.5. The van der Waals surface area contributed by atoms with E-state index in [1.165, 1.54) is 0 Å². The number of amides is 2. The Balaban J connectivity index is 0.961. The summed E-state index contributed by atoms with van der Waals surface area (Å²) in [5, 5.41) is 6.33. The van der Waals surface area contributed by atoms with E-state index < -0.39 is 22.3 Å². The first kappa shape index (κ1) is 41.3. The fourth-order valence-electron chi connectivity index (χ4n) is 9.75. The van der Waals surface area contributed by atoms with Crippen molar-refractivity contribution in [3.8, 4) is 23.0 Å². The standard InChI is InChI=1S/C50H48Cl2N4O6/c1-29-21-31-17-19-49(61-45(31)41(23-29)59-7)47(3,4)33-13-9-11-15-39(33)55(49)27-43(57)53-37-25-36(52)38(26-35(37)51)54-44(58)28-56-40-16-12-10-14-34(40)48(5,6)50(56)20-18-32-22-30(2)24-42(60-8)46(32)62-50/h9-26H,27-28H2,1-8H3,(H,53,57)(H,54,58). The Kier molecular flexibility index (Phi) is 9.83. The summed E-state index contributed by atoms with van der Waals surface area (Å²) in [6.07, 6.45) is 8.13. The monoisotopic (exact) mass is 870 g/mol. The molecule has 2 spiro atoms. The van der Waals surface area contributed by atoms with Crippen LogP contribution >= 0.6 is 23.2 Å². The first-order valence-corrected chi connectivity index (χ1v) is 21.3. The summed E-state index contributed by atoms with van der Waals surface area (Å²) >= 11 is 13.7. The Labute approximate surface area is 372 Å². The van der Waals surface area contributed by atoms with Crippen LogP contribution < -0.4 is 39.4 Å². The maximum absolute atomic E-state index is 14.1. The van der Waals surface area contributed by atoms with Crippen molar-refractivity contribution in [2.24, 2.45) is 0 Å². The number of benzene rings is 5. The molecule has 318 valence electrons. The van der Waals surface area contributed by atoms with E-state index >= 15 is 0 Å². The van der Waals surface area contributed by atoms with Crippen LogP contribution in [0.1, 0.15) is 61.1 Å². The highest BCUT2D eigenvalue weighted by Crippen LogP contribution is 2.58. The van der Waals surface area contributed by atoms with Crippen LogP contribution in [-0.4, -0.2) is 50.6 Å². The van der Waals surface area contributed by atoms with Gasteiger partial charge in [0.25, 0.3) is 0 Å². The number of aryl methyl sites for hydroxylation is 2. The van der Waals surface area contributed by atoms with Gasteiger partial charge < -0.3 is 39.4 Å². The van der Waals surface area contributed by atoms with Gasteiger partial charge >= 0.3 is 0 Å². The van der Waals surface area contributed by atoms with Crippen LogP contribution in [0.2, 0.25) is 10.0 Å². The molecule has 0 aromatic heterocycles. The van der Waals surface area contributed by atoms with Crippen molar-refractivity contribution in [3.63, 3.8) is 0 Å². The van der Waals surface area contributed by atoms with Crippen LogP contribution in [0, 0.1) is 13.8 Å². The quantitative estimate of drug-likeness (QED) is 0.159. The first-order chi connectivity index (χ1) is 29.5. The summed E-state index contributed by atoms with van der Waals surface area (Å²) in [4.78, 5) is 32.2. The molecule has 5 aromatic carbocycles. The topological polar surface area (TPSA) is 102 Å². The molecular formula is C50H48Cl2N4O6. The fraction of sp³-hybridized carbons (Fsp3) is 0.280. The summed E-state index contributed by atoms with van der Waals surface area (Å²) in [6.45, 7) is 12.3. The van der Waals surface area contributed by atoms with Crippen molar-refractivity contribution in [2.75, 3.05) is 47.7 Å². The normalized spacial score (nSPS) is 20.5. The molecule has 62 heavy (non-hydrogen) atoms. The van der Waals surface area contributed by atoms with E-state index in [9.17, 15) is 9.59 Å². The molecule has 2 N–H and O–H groups in total. The molecule has 9 rings (SSSR count). The van der Waals surface area contributed by atoms with Gasteiger partial charge in [-0.15, -0.1) is 0 Å². The number of hydrogen-bond donors (Lipinski definition) is 2. The SMILES string of the molecule is COc1cc(C)cc2c1OC1(C=C2)N(CC(=O)Nc2cc(Cl)c(NC(=O)CN3c4ccccc4C(C)(C)C34C=Cc3cc(C)cc(OC)c3O4)cc2Cl)c2ccccc2C1(C)C. The zero-order valence-corrected chi connectivity index (χ0v) is 37.4. The number of methoxy groups -OCH3 is 2. The number of rotatable bonds is 8. The molecule has 4 aliphatic heterocycles. The molecule has 2 unspecified atom stereocenters. The van der Waals surface area contributed by atoms with Crippen LogP contribution in [0.3, 0.4) is 0 Å². The highest BCUT2D eigenvalue weighted by atomic mass is 35.5. The predicted molar refractivity (Wildman–Crippen MR) is 248 cm³/mol. The number of hydrogen-bond acceptors (Lipinski definition) is 8. The number of para-hydroxylation sites is 2. The van der Waals surface area contributed by atoms with E-state index in [0.29, 0.717) is 34.4 Å². The molecular weight excluding hydrogens is 823 g/mol. The molecule has 4 aliphatic rings. The number of fused-ring (bicyclic) bond motifs is 4. The van der Waals surface area contributed by atoms with E-state index in [1.807, 2.05) is 109 Å². The molecule has 10 nitrogen and oxygen atoms in total. The molecule has 0 fully saturated rings. The van der Waals surface area contributed by atoms with Crippen LogP contribution in [-0.2, 0) is 20.4 Å². The third-order valence-electron chi connectivity index (χ3n) is 12.9. The Hall–Kier alpha value is -6.10. The van der Waals surface area contributed by atoms with Crippen molar-refractivity contribution in [1.29, 1.82) is 0 Å². The van der Waals surface area contributed by atoms with Crippen molar-refractivity contribution in [3.05, 3.63) is 141 Å². The third kappa shape index (κ3) is 6.21. The van der Waals surface area contributed by atoms with Crippen molar-refractivity contribution in [2.45, 2.75) is 63.8 Å². The molecule has 4 heterocycles. The van der Waals surface area contributed by atoms with E-state index in [1.54, 1.807) is 26.4 Å². The maximum Gasteiger partial charge on any atom is 0.244 e. The zero-order valence-electron chi connectivity index (χ0n) is 35.9. The van der Waals surface area contributed by atoms with Crippen molar-refractivity contribution < 1.29 is 28.5 Å². The second-order valence-corrected chi connectivity index (χ2v) is 18.2. The lowest BCUT2D eigenvalue weighted by atomic mass is 9.76. The Morgan fingerprint density at radius 2 is 1.00 bits per heavy atom. The minimum atomic E-state index is -1.07. The molecule has 12 heteroatoms. The molecule has 5 aromatic rings. The molecule has 2 atom stereocenters. The van der Waals surface area contributed by atoms with E-state index in [2.05, 4.69) is 50.5 Å². The molecule has 0 saturated carbocycles. The van der Waals surface area contributed by atoms with Gasteiger partial charge in [-0.2, -0.15) is 0 Å². The number of nitrogens with zero attached hydrogens (tertiary/aromatic N) is 2. The largest absolute Gasteiger partial charge is 0.493 e. The van der Waals surface area contributed by atoms with E-state index in [4.69, 9.17) is 42.1 Å². The number of anilines is 4. The number of carbonyl (C=O) groups excluding carboxylic acids is 2. The highest BCUT2D eigenvalue weighted by Gasteiger charge is 2.61. The summed E-state index contributed by atoms with van der Waals surface area (Å²) < 4.78 is 25.5. The van der Waals surface area contributed by atoms with Gasteiger partial charge in [-0.1, -0.05) is 59.6 Å². The number of ether oxygens (including phenoxy) is 4. The van der Waals surface area contributed by atoms with Gasteiger partial charge in [0, 0.05) is 22.5 Å². The predicted octanol–water partition coefficient (Wildman–Crippen LogP) is 10.7. The Morgan fingerprint density at radius 3 is 1.39 bits per heavy atom. The van der Waals surface area contributed by atoms with Gasteiger partial charge in [-0.05, 0) is 137 Å². The minimum Gasteiger partial charge on any atom is -0.493 e. The minimum absolute atomic E-state index is 0.0807. The molecule has 0 aliphatic carbocycles.